The number of rotatable bonds is 4. The molecule has 8 heteroatoms. The van der Waals surface area contributed by atoms with E-state index in [0.717, 1.165) is 6.07 Å². The van der Waals surface area contributed by atoms with Gasteiger partial charge in [-0.15, -0.1) is 0 Å². The van der Waals surface area contributed by atoms with Crippen LogP contribution in [0.25, 0.3) is 10.9 Å². The first-order valence-corrected chi connectivity index (χ1v) is 7.42. The van der Waals surface area contributed by atoms with Crippen molar-refractivity contribution in [3.05, 3.63) is 58.4 Å². The first-order valence-electron chi connectivity index (χ1n) is 7.05. The monoisotopic (exact) mass is 352 g/mol. The lowest BCUT2D eigenvalue weighted by atomic mass is 10.1. The Bertz CT molecular complexity index is 902. The van der Waals surface area contributed by atoms with Crippen LogP contribution in [0, 0.1) is 12.7 Å². The molecular weight excluding hydrogens is 341 g/mol. The van der Waals surface area contributed by atoms with Gasteiger partial charge in [-0.2, -0.15) is 0 Å². The van der Waals surface area contributed by atoms with Crippen LogP contribution in [0.1, 0.15) is 23.4 Å². The number of benzene rings is 1. The Hall–Kier alpha value is -2.41. The number of hydrogen-bond donors (Lipinski definition) is 1. The number of alkyl halides is 2. The topological polar surface area (TPSA) is 50.7 Å². The highest BCUT2D eigenvalue weighted by molar-refractivity contribution is 6.30. The van der Waals surface area contributed by atoms with Crippen molar-refractivity contribution in [3.63, 3.8) is 0 Å². The third-order valence-corrected chi connectivity index (χ3v) is 3.66. The molecule has 0 radical (unpaired) electrons. The maximum Gasteiger partial charge on any atom is 0.266 e. The zero-order valence-corrected chi connectivity index (χ0v) is 13.3. The van der Waals surface area contributed by atoms with E-state index >= 15 is 0 Å². The summed E-state index contributed by atoms with van der Waals surface area (Å²) >= 11 is 5.89. The van der Waals surface area contributed by atoms with Crippen molar-refractivity contribution in [2.75, 3.05) is 5.32 Å². The van der Waals surface area contributed by atoms with E-state index in [1.54, 1.807) is 13.0 Å². The molecule has 3 aromatic rings. The van der Waals surface area contributed by atoms with Gasteiger partial charge in [-0.3, -0.25) is 0 Å². The summed E-state index contributed by atoms with van der Waals surface area (Å²) in [6, 6.07) is 5.49. The van der Waals surface area contributed by atoms with E-state index in [1.165, 1.54) is 18.3 Å². The summed E-state index contributed by atoms with van der Waals surface area (Å²) in [7, 11) is 0. The normalized spacial score (nSPS) is 11.2. The Labute approximate surface area is 140 Å². The Morgan fingerprint density at radius 1 is 1.25 bits per heavy atom. The maximum atomic E-state index is 14.1. The molecule has 2 heterocycles. The average Bonchev–Trinajstić information content (AvgIpc) is 2.54. The Morgan fingerprint density at radius 3 is 2.79 bits per heavy atom. The van der Waals surface area contributed by atoms with Gasteiger partial charge in [0.2, 0.25) is 0 Å². The van der Waals surface area contributed by atoms with E-state index in [-0.39, 0.29) is 17.3 Å². The summed E-state index contributed by atoms with van der Waals surface area (Å²) in [6.45, 7) is 1.70. The molecule has 0 atom stereocenters. The molecule has 0 spiro atoms. The molecule has 0 amide bonds. The number of halogens is 4. The van der Waals surface area contributed by atoms with Crippen LogP contribution in [0.3, 0.4) is 0 Å². The average molecular weight is 353 g/mol. The molecule has 24 heavy (non-hydrogen) atoms. The number of fused-ring (bicyclic) bond motifs is 1. The number of hydrogen-bond acceptors (Lipinski definition) is 4. The number of nitrogens with one attached hydrogen (secondary N) is 1. The van der Waals surface area contributed by atoms with Gasteiger partial charge in [0.1, 0.15) is 22.6 Å². The zero-order valence-electron chi connectivity index (χ0n) is 12.5. The van der Waals surface area contributed by atoms with Gasteiger partial charge in [0.25, 0.3) is 6.43 Å². The highest BCUT2D eigenvalue weighted by atomic mass is 35.5. The van der Waals surface area contributed by atoms with E-state index in [9.17, 15) is 13.2 Å². The third-order valence-electron chi connectivity index (χ3n) is 3.45. The predicted molar refractivity (Wildman–Crippen MR) is 85.8 cm³/mol. The maximum absolute atomic E-state index is 14.1. The highest BCUT2D eigenvalue weighted by Crippen LogP contribution is 2.26. The van der Waals surface area contributed by atoms with Crippen molar-refractivity contribution in [3.8, 4) is 0 Å². The number of pyridine rings is 1. The molecule has 0 aliphatic carbocycles. The fourth-order valence-corrected chi connectivity index (χ4v) is 2.50. The minimum atomic E-state index is -2.86. The molecule has 2 aromatic heterocycles. The Kier molecular flexibility index (Phi) is 4.53. The largest absolute Gasteiger partial charge is 0.365 e. The van der Waals surface area contributed by atoms with Crippen molar-refractivity contribution in [1.82, 2.24) is 15.0 Å². The van der Waals surface area contributed by atoms with Crippen LogP contribution in [0.15, 0.2) is 30.5 Å². The molecule has 0 saturated heterocycles. The minimum absolute atomic E-state index is 0.00209. The number of aromatic nitrogens is 3. The smallest absolute Gasteiger partial charge is 0.266 e. The Morgan fingerprint density at radius 2 is 2.04 bits per heavy atom. The molecule has 0 unspecified atom stereocenters. The van der Waals surface area contributed by atoms with Crippen LogP contribution in [0.5, 0.6) is 0 Å². The molecule has 0 fully saturated rings. The second-order valence-electron chi connectivity index (χ2n) is 5.12. The van der Waals surface area contributed by atoms with Gasteiger partial charge in [0, 0.05) is 17.5 Å². The first kappa shape index (κ1) is 16.4. The van der Waals surface area contributed by atoms with Gasteiger partial charge in [0.15, 0.2) is 0 Å². The van der Waals surface area contributed by atoms with Crippen LogP contribution >= 0.6 is 11.6 Å². The van der Waals surface area contributed by atoms with Crippen LogP contribution in [0.4, 0.5) is 19.0 Å². The van der Waals surface area contributed by atoms with Crippen LogP contribution in [-0.4, -0.2) is 15.0 Å². The summed E-state index contributed by atoms with van der Waals surface area (Å²) in [4.78, 5) is 12.5. The standard InChI is InChI=1S/C16H12ClF3N4/c1-8-23-12-7-21-13(17)5-11(12)16(24-8)22-6-9-3-2-4-10(14(9)18)15(19)20/h2-5,7,15H,6H2,1H3,(H,22,23,24). The fraction of sp³-hybridized carbons (Fsp3) is 0.188. The van der Waals surface area contributed by atoms with Gasteiger partial charge in [-0.05, 0) is 13.0 Å². The van der Waals surface area contributed by atoms with E-state index in [1.807, 2.05) is 0 Å². The predicted octanol–water partition coefficient (Wildman–Crippen LogP) is 4.68. The summed E-state index contributed by atoms with van der Waals surface area (Å²) in [5, 5.41) is 3.84. The molecular formula is C16H12ClF3N4. The molecule has 1 aromatic carbocycles. The van der Waals surface area contributed by atoms with Crippen molar-refractivity contribution in [2.45, 2.75) is 19.9 Å². The molecule has 3 rings (SSSR count). The van der Waals surface area contributed by atoms with Crippen LogP contribution in [-0.2, 0) is 6.54 Å². The summed E-state index contributed by atoms with van der Waals surface area (Å²) in [5.41, 5.74) is 0.0823. The zero-order chi connectivity index (χ0) is 17.3. The molecule has 4 nitrogen and oxygen atoms in total. The fourth-order valence-electron chi connectivity index (χ4n) is 2.34. The van der Waals surface area contributed by atoms with Gasteiger partial charge in [-0.1, -0.05) is 29.8 Å². The van der Waals surface area contributed by atoms with Crippen molar-refractivity contribution >= 4 is 28.3 Å². The van der Waals surface area contributed by atoms with Crippen LogP contribution < -0.4 is 5.32 Å². The van der Waals surface area contributed by atoms with Crippen molar-refractivity contribution in [2.24, 2.45) is 0 Å². The van der Waals surface area contributed by atoms with E-state index in [4.69, 9.17) is 11.6 Å². The molecule has 0 aliphatic rings. The first-order chi connectivity index (χ1) is 11.5. The van der Waals surface area contributed by atoms with Gasteiger partial charge in [-0.25, -0.2) is 28.1 Å². The van der Waals surface area contributed by atoms with E-state index in [0.29, 0.717) is 22.5 Å². The second-order valence-corrected chi connectivity index (χ2v) is 5.51. The highest BCUT2D eigenvalue weighted by Gasteiger charge is 2.16. The Balaban J connectivity index is 1.94. The molecule has 1 N–H and O–H groups in total. The molecule has 0 saturated carbocycles. The molecule has 0 bridgehead atoms. The van der Waals surface area contributed by atoms with E-state index in [2.05, 4.69) is 20.3 Å². The number of nitrogens with zero attached hydrogens (tertiary/aromatic N) is 3. The summed E-state index contributed by atoms with van der Waals surface area (Å²) in [5.74, 6) is 0.00867. The lowest BCUT2D eigenvalue weighted by Crippen LogP contribution is -2.07. The van der Waals surface area contributed by atoms with E-state index < -0.39 is 17.8 Å². The summed E-state index contributed by atoms with van der Waals surface area (Å²) < 4.78 is 39.6. The van der Waals surface area contributed by atoms with Gasteiger partial charge >= 0.3 is 0 Å². The SMILES string of the molecule is Cc1nc(NCc2cccc(C(F)F)c2F)c2cc(Cl)ncc2n1. The molecule has 124 valence electrons. The van der Waals surface area contributed by atoms with Crippen molar-refractivity contribution < 1.29 is 13.2 Å². The van der Waals surface area contributed by atoms with Gasteiger partial charge < -0.3 is 5.32 Å². The summed E-state index contributed by atoms with van der Waals surface area (Å²) in [6.07, 6.45) is -1.35. The number of aryl methyl sites for hydroxylation is 1. The minimum Gasteiger partial charge on any atom is -0.365 e. The number of anilines is 1. The molecule has 0 aliphatic heterocycles. The van der Waals surface area contributed by atoms with Crippen molar-refractivity contribution in [1.29, 1.82) is 0 Å². The lowest BCUT2D eigenvalue weighted by molar-refractivity contribution is 0.146. The lowest BCUT2D eigenvalue weighted by Gasteiger charge is -2.12. The van der Waals surface area contributed by atoms with Gasteiger partial charge in [0.05, 0.1) is 17.3 Å². The second kappa shape index (κ2) is 6.60. The van der Waals surface area contributed by atoms with Crippen LogP contribution in [0.2, 0.25) is 5.15 Å². The quantitative estimate of drug-likeness (QED) is 0.693. The third kappa shape index (κ3) is 3.26.